The van der Waals surface area contributed by atoms with E-state index < -0.39 is 53.5 Å². The molecule has 1 unspecified atom stereocenters. The molecule has 242 valence electrons. The molecule has 1 saturated heterocycles. The zero-order valence-electron chi connectivity index (χ0n) is 26.1. The van der Waals surface area contributed by atoms with Gasteiger partial charge in [-0.05, 0) is 55.0 Å². The molecule has 2 heterocycles. The first-order valence-corrected chi connectivity index (χ1v) is 15.9. The summed E-state index contributed by atoms with van der Waals surface area (Å²) in [6.45, 7) is 5.02. The number of hydrogen-bond donors (Lipinski definition) is 4. The largest absolute Gasteiger partial charge is 0.480 e. The van der Waals surface area contributed by atoms with E-state index in [0.717, 1.165) is 42.9 Å². The summed E-state index contributed by atoms with van der Waals surface area (Å²) in [5, 5.41) is 19.8. The Morgan fingerprint density at radius 3 is 2.38 bits per heavy atom. The van der Waals surface area contributed by atoms with Crippen molar-refractivity contribution in [2.75, 3.05) is 6.54 Å². The number of carbonyl (C=O) groups is 5. The average molecular weight is 622 g/mol. The minimum absolute atomic E-state index is 0.0346. The van der Waals surface area contributed by atoms with Crippen LogP contribution in [0, 0.1) is 11.8 Å². The molecule has 0 spiro atoms. The van der Waals surface area contributed by atoms with Crippen LogP contribution in [0.15, 0.2) is 36.5 Å². The predicted molar refractivity (Wildman–Crippen MR) is 165 cm³/mol. The molecule has 12 nitrogen and oxygen atoms in total. The van der Waals surface area contributed by atoms with Crippen LogP contribution in [0.4, 0.5) is 0 Å². The number of pyridine rings is 1. The van der Waals surface area contributed by atoms with Crippen LogP contribution in [0.2, 0.25) is 0 Å². The maximum absolute atomic E-state index is 14.2. The van der Waals surface area contributed by atoms with E-state index in [2.05, 4.69) is 20.9 Å². The van der Waals surface area contributed by atoms with Gasteiger partial charge in [-0.2, -0.15) is 0 Å². The number of aliphatic carboxylic acids is 1. The maximum Gasteiger partial charge on any atom is 0.329 e. The van der Waals surface area contributed by atoms with Crippen molar-refractivity contribution in [3.8, 4) is 5.88 Å². The van der Waals surface area contributed by atoms with E-state index in [1.807, 2.05) is 30.3 Å². The van der Waals surface area contributed by atoms with Gasteiger partial charge in [0.05, 0.1) is 6.54 Å². The minimum Gasteiger partial charge on any atom is -0.480 e. The van der Waals surface area contributed by atoms with E-state index in [-0.39, 0.29) is 30.7 Å². The quantitative estimate of drug-likeness (QED) is 0.297. The summed E-state index contributed by atoms with van der Waals surface area (Å²) in [7, 11) is 0. The molecule has 4 amide bonds. The number of nitrogens with zero attached hydrogens (tertiary/aromatic N) is 2. The zero-order valence-corrected chi connectivity index (χ0v) is 26.1. The van der Waals surface area contributed by atoms with E-state index in [9.17, 15) is 29.1 Å². The monoisotopic (exact) mass is 621 g/mol. The molecular weight excluding hydrogens is 578 g/mol. The summed E-state index contributed by atoms with van der Waals surface area (Å²) in [6.07, 6.45) is 6.39. The van der Waals surface area contributed by atoms with Gasteiger partial charge in [-0.15, -0.1) is 0 Å². The number of carboxylic acid groups (broad SMARTS) is 1. The molecule has 2 aliphatic carbocycles. The summed E-state index contributed by atoms with van der Waals surface area (Å²) in [4.78, 5) is 71.2. The Balaban J connectivity index is 1.38. The predicted octanol–water partition coefficient (Wildman–Crippen LogP) is 2.54. The Morgan fingerprint density at radius 2 is 1.73 bits per heavy atom. The molecule has 4 atom stereocenters. The lowest BCUT2D eigenvalue weighted by Crippen LogP contribution is -2.60. The Morgan fingerprint density at radius 1 is 1.02 bits per heavy atom. The van der Waals surface area contributed by atoms with Gasteiger partial charge in [0.25, 0.3) is 0 Å². The molecule has 1 aromatic carbocycles. The summed E-state index contributed by atoms with van der Waals surface area (Å²) in [5.41, 5.74) is -1.33. The average Bonchev–Trinajstić information content (AvgIpc) is 3.68. The van der Waals surface area contributed by atoms with Crippen molar-refractivity contribution in [2.24, 2.45) is 11.8 Å². The number of nitrogens with one attached hydrogen (secondary N) is 3. The molecule has 2 aromatic rings. The SMILES string of the molecule is CC(=O)N[C@H](C(=O)N[C@H](C(=O)N1C[C@H](Oc2nccc3ccccc23)CC1C(=O)NC1(C(=O)O)CC1)C(C)C)C1CCCCC1. The van der Waals surface area contributed by atoms with Gasteiger partial charge in [0.1, 0.15) is 29.8 Å². The first-order valence-electron chi connectivity index (χ1n) is 15.9. The fourth-order valence-electron chi connectivity index (χ4n) is 6.57. The smallest absolute Gasteiger partial charge is 0.329 e. The summed E-state index contributed by atoms with van der Waals surface area (Å²) >= 11 is 0. The first-order chi connectivity index (χ1) is 21.5. The molecule has 5 rings (SSSR count). The van der Waals surface area contributed by atoms with E-state index in [4.69, 9.17) is 4.74 Å². The molecule has 0 radical (unpaired) electrons. The molecular formula is C33H43N5O7. The molecule has 2 saturated carbocycles. The number of hydrogen-bond acceptors (Lipinski definition) is 7. The highest BCUT2D eigenvalue weighted by molar-refractivity contribution is 5.97. The van der Waals surface area contributed by atoms with Gasteiger partial charge in [-0.1, -0.05) is 51.3 Å². The third kappa shape index (κ3) is 7.20. The second-order valence-corrected chi connectivity index (χ2v) is 13.0. The number of ether oxygens (including phenoxy) is 1. The normalized spacial score (nSPS) is 22.4. The van der Waals surface area contributed by atoms with Crippen molar-refractivity contribution in [1.82, 2.24) is 25.8 Å². The van der Waals surface area contributed by atoms with Crippen LogP contribution in [0.5, 0.6) is 5.88 Å². The highest BCUT2D eigenvalue weighted by atomic mass is 16.5. The lowest BCUT2D eigenvalue weighted by atomic mass is 9.83. The summed E-state index contributed by atoms with van der Waals surface area (Å²) in [6, 6.07) is 6.68. The van der Waals surface area contributed by atoms with Crippen LogP contribution in [-0.2, 0) is 24.0 Å². The zero-order chi connectivity index (χ0) is 32.3. The van der Waals surface area contributed by atoms with Gasteiger partial charge in [-0.3, -0.25) is 19.2 Å². The Hall–Kier alpha value is -4.22. The third-order valence-electron chi connectivity index (χ3n) is 9.28. The number of carbonyl (C=O) groups excluding carboxylic acids is 4. The van der Waals surface area contributed by atoms with Crippen molar-refractivity contribution in [2.45, 2.75) is 102 Å². The number of carboxylic acids is 1. The van der Waals surface area contributed by atoms with E-state index in [1.165, 1.54) is 11.8 Å². The van der Waals surface area contributed by atoms with Gasteiger partial charge in [-0.25, -0.2) is 9.78 Å². The van der Waals surface area contributed by atoms with Crippen LogP contribution >= 0.6 is 0 Å². The van der Waals surface area contributed by atoms with Crippen LogP contribution in [0.1, 0.15) is 72.1 Å². The second-order valence-electron chi connectivity index (χ2n) is 13.0. The first kappa shape index (κ1) is 32.2. The van der Waals surface area contributed by atoms with Gasteiger partial charge < -0.3 is 30.7 Å². The number of likely N-dealkylation sites (tertiary alicyclic amines) is 1. The Bertz CT molecular complexity index is 1450. The fraction of sp³-hybridized carbons (Fsp3) is 0.576. The summed E-state index contributed by atoms with van der Waals surface area (Å²) < 4.78 is 6.29. The number of benzene rings is 1. The lowest BCUT2D eigenvalue weighted by Gasteiger charge is -2.34. The van der Waals surface area contributed by atoms with Gasteiger partial charge in [0.2, 0.25) is 29.5 Å². The van der Waals surface area contributed by atoms with Gasteiger partial charge in [0, 0.05) is 24.9 Å². The van der Waals surface area contributed by atoms with Crippen molar-refractivity contribution in [3.05, 3.63) is 36.5 Å². The molecule has 3 fully saturated rings. The molecule has 1 aromatic heterocycles. The molecule has 45 heavy (non-hydrogen) atoms. The van der Waals surface area contributed by atoms with Crippen molar-refractivity contribution in [3.63, 3.8) is 0 Å². The fourth-order valence-corrected chi connectivity index (χ4v) is 6.57. The third-order valence-corrected chi connectivity index (χ3v) is 9.28. The number of aromatic nitrogens is 1. The molecule has 12 heteroatoms. The van der Waals surface area contributed by atoms with Crippen LogP contribution in [-0.4, -0.2) is 80.9 Å². The second kappa shape index (κ2) is 13.4. The molecule has 1 aliphatic heterocycles. The van der Waals surface area contributed by atoms with Crippen LogP contribution in [0.3, 0.4) is 0 Å². The number of amides is 4. The molecule has 3 aliphatic rings. The lowest BCUT2D eigenvalue weighted by molar-refractivity contribution is -0.146. The van der Waals surface area contributed by atoms with E-state index in [0.29, 0.717) is 18.7 Å². The highest BCUT2D eigenvalue weighted by Crippen LogP contribution is 2.37. The van der Waals surface area contributed by atoms with Crippen LogP contribution in [0.25, 0.3) is 10.8 Å². The topological polar surface area (TPSA) is 167 Å². The van der Waals surface area contributed by atoms with Gasteiger partial charge >= 0.3 is 5.97 Å². The van der Waals surface area contributed by atoms with Crippen molar-refractivity contribution < 1.29 is 33.8 Å². The molecule has 4 N–H and O–H groups in total. The van der Waals surface area contributed by atoms with Crippen molar-refractivity contribution >= 4 is 40.4 Å². The standard InChI is InChI=1S/C33H43N5O7/c1-19(2)26(36-29(41)27(35-20(3)39)22-10-5-4-6-11-22)31(42)38-18-23(17-25(38)28(40)37-33(14-15-33)32(43)44)45-30-24-12-8-7-9-21(24)13-16-34-30/h7-9,12-13,16,19,22-23,25-27H,4-6,10-11,14-15,17-18H2,1-3H3,(H,35,39)(H,36,41)(H,37,40)(H,43,44)/t23-,25?,26+,27+/m1/s1. The maximum atomic E-state index is 14.2. The number of rotatable bonds is 11. The van der Waals surface area contributed by atoms with Crippen molar-refractivity contribution in [1.29, 1.82) is 0 Å². The highest BCUT2D eigenvalue weighted by Gasteiger charge is 2.54. The van der Waals surface area contributed by atoms with E-state index in [1.54, 1.807) is 20.0 Å². The molecule has 0 bridgehead atoms. The van der Waals surface area contributed by atoms with Crippen LogP contribution < -0.4 is 20.7 Å². The minimum atomic E-state index is -1.33. The van der Waals surface area contributed by atoms with Gasteiger partial charge in [0.15, 0.2) is 0 Å². The van der Waals surface area contributed by atoms with E-state index >= 15 is 0 Å². The number of fused-ring (bicyclic) bond motifs is 1. The Kier molecular flexibility index (Phi) is 9.59. The Labute approximate surface area is 262 Å². The summed E-state index contributed by atoms with van der Waals surface area (Å²) in [5.74, 6) is -2.92.